The van der Waals surface area contributed by atoms with E-state index in [4.69, 9.17) is 0 Å². The van der Waals surface area contributed by atoms with Gasteiger partial charge in [-0.25, -0.2) is 4.98 Å². The van der Waals surface area contributed by atoms with Crippen molar-refractivity contribution in [3.8, 4) is 0 Å². The largest absolute Gasteiger partial charge is 0.347 e. The van der Waals surface area contributed by atoms with Crippen molar-refractivity contribution in [2.45, 2.75) is 6.92 Å². The third kappa shape index (κ3) is 2.95. The van der Waals surface area contributed by atoms with Crippen molar-refractivity contribution in [3.63, 3.8) is 0 Å². The molecular formula is C22H19BrN4O3. The minimum Gasteiger partial charge on any atom is -0.347 e. The van der Waals surface area contributed by atoms with Crippen LogP contribution in [0.4, 0.5) is 0 Å². The fourth-order valence-corrected chi connectivity index (χ4v) is 4.05. The number of aryl methyl sites for hydroxylation is 1. The Bertz CT molecular complexity index is 1420. The number of ketones is 1. The minimum atomic E-state index is -0.386. The summed E-state index contributed by atoms with van der Waals surface area (Å²) in [6.07, 6.45) is 1.76. The van der Waals surface area contributed by atoms with E-state index in [2.05, 4.69) is 20.9 Å². The van der Waals surface area contributed by atoms with Gasteiger partial charge in [-0.15, -0.1) is 0 Å². The fourth-order valence-electron chi connectivity index (χ4n) is 3.56. The zero-order valence-corrected chi connectivity index (χ0v) is 18.5. The van der Waals surface area contributed by atoms with Gasteiger partial charge in [0.2, 0.25) is 11.2 Å². The molecule has 0 spiro atoms. The number of aromatic nitrogens is 3. The number of imidazole rings is 1. The molecule has 1 aromatic carbocycles. The molecule has 30 heavy (non-hydrogen) atoms. The highest BCUT2D eigenvalue weighted by molar-refractivity contribution is 9.10. The maximum atomic E-state index is 13.2. The number of hydrogen-bond acceptors (Lipinski definition) is 4. The molecule has 4 rings (SSSR count). The molecule has 152 valence electrons. The summed E-state index contributed by atoms with van der Waals surface area (Å²) in [5, 5.41) is 0.319. The van der Waals surface area contributed by atoms with Crippen molar-refractivity contribution in [1.82, 2.24) is 18.9 Å². The van der Waals surface area contributed by atoms with Crippen LogP contribution >= 0.6 is 15.9 Å². The van der Waals surface area contributed by atoms with Gasteiger partial charge in [0.15, 0.2) is 5.82 Å². The van der Waals surface area contributed by atoms with Gasteiger partial charge >= 0.3 is 0 Å². The Hall–Kier alpha value is -3.26. The van der Waals surface area contributed by atoms with E-state index in [1.54, 1.807) is 61.4 Å². The number of benzene rings is 1. The van der Waals surface area contributed by atoms with E-state index >= 15 is 0 Å². The SMILES string of the molecule is Cc1c(C(=O)N(C)C)c(=O)c2cc(C(=O)c3nc(Br)c4ccccn34)ccc2n1C. The molecule has 3 aromatic heterocycles. The molecule has 1 amide bonds. The predicted octanol–water partition coefficient (Wildman–Crippen LogP) is 3.19. The standard InChI is InChI=1S/C22H19BrN4O3/c1-12-17(22(30)25(2)3)19(29)14-11-13(8-9-15(14)26(12)4)18(28)21-24-20(23)16-7-5-6-10-27(16)21/h5-11H,1-4H3. The van der Waals surface area contributed by atoms with Crippen LogP contribution < -0.4 is 5.43 Å². The number of nitrogens with zero attached hydrogens (tertiary/aromatic N) is 4. The highest BCUT2D eigenvalue weighted by Gasteiger charge is 2.23. The predicted molar refractivity (Wildman–Crippen MR) is 118 cm³/mol. The summed E-state index contributed by atoms with van der Waals surface area (Å²) >= 11 is 3.39. The first-order valence-electron chi connectivity index (χ1n) is 9.24. The van der Waals surface area contributed by atoms with Gasteiger partial charge in [-0.3, -0.25) is 18.8 Å². The van der Waals surface area contributed by atoms with Crippen LogP contribution in [-0.4, -0.2) is 44.6 Å². The molecule has 7 nitrogen and oxygen atoms in total. The van der Waals surface area contributed by atoms with Gasteiger partial charge in [-0.1, -0.05) is 6.07 Å². The van der Waals surface area contributed by atoms with E-state index in [-0.39, 0.29) is 28.5 Å². The highest BCUT2D eigenvalue weighted by Crippen LogP contribution is 2.23. The Balaban J connectivity index is 1.94. The Morgan fingerprint density at radius 1 is 1.10 bits per heavy atom. The van der Waals surface area contributed by atoms with Crippen LogP contribution in [0.2, 0.25) is 0 Å². The third-order valence-electron chi connectivity index (χ3n) is 5.28. The number of carbonyl (C=O) groups excluding carboxylic acids is 2. The second-order valence-corrected chi connectivity index (χ2v) is 8.04. The van der Waals surface area contributed by atoms with Crippen LogP contribution in [0, 0.1) is 6.92 Å². The number of carbonyl (C=O) groups is 2. The molecule has 0 aliphatic heterocycles. The summed E-state index contributed by atoms with van der Waals surface area (Å²) in [7, 11) is 5.00. The number of hydrogen-bond donors (Lipinski definition) is 0. The van der Waals surface area contributed by atoms with Gasteiger partial charge in [0.25, 0.3) is 5.91 Å². The lowest BCUT2D eigenvalue weighted by molar-refractivity contribution is 0.0824. The van der Waals surface area contributed by atoms with Crippen LogP contribution in [-0.2, 0) is 7.05 Å². The van der Waals surface area contributed by atoms with E-state index in [1.807, 2.05) is 18.2 Å². The fraction of sp³-hybridized carbons (Fsp3) is 0.182. The molecule has 3 heterocycles. The Morgan fingerprint density at radius 2 is 1.83 bits per heavy atom. The zero-order valence-electron chi connectivity index (χ0n) is 16.9. The van der Waals surface area contributed by atoms with Crippen LogP contribution in [0.25, 0.3) is 16.4 Å². The Kier molecular flexibility index (Phi) is 4.82. The number of amides is 1. The summed E-state index contributed by atoms with van der Waals surface area (Å²) in [6, 6.07) is 10.5. The van der Waals surface area contributed by atoms with E-state index in [9.17, 15) is 14.4 Å². The van der Waals surface area contributed by atoms with Gasteiger partial charge in [0.1, 0.15) is 10.2 Å². The lowest BCUT2D eigenvalue weighted by Gasteiger charge is -2.17. The Morgan fingerprint density at radius 3 is 2.53 bits per heavy atom. The van der Waals surface area contributed by atoms with E-state index in [1.165, 1.54) is 4.90 Å². The molecule has 0 bridgehead atoms. The van der Waals surface area contributed by atoms with E-state index in [0.29, 0.717) is 26.8 Å². The Labute approximate surface area is 180 Å². The topological polar surface area (TPSA) is 76.7 Å². The van der Waals surface area contributed by atoms with Gasteiger partial charge in [-0.2, -0.15) is 0 Å². The number of pyridine rings is 2. The maximum absolute atomic E-state index is 13.2. The second-order valence-electron chi connectivity index (χ2n) is 7.29. The van der Waals surface area contributed by atoms with E-state index in [0.717, 1.165) is 5.52 Å². The highest BCUT2D eigenvalue weighted by atomic mass is 79.9. The van der Waals surface area contributed by atoms with Crippen LogP contribution in [0.15, 0.2) is 52.0 Å². The third-order valence-corrected chi connectivity index (χ3v) is 5.87. The molecule has 0 saturated carbocycles. The number of fused-ring (bicyclic) bond motifs is 2. The van der Waals surface area contributed by atoms with Crippen molar-refractivity contribution >= 4 is 44.0 Å². The minimum absolute atomic E-state index is 0.105. The average Bonchev–Trinajstić information content (AvgIpc) is 3.08. The normalized spacial score (nSPS) is 11.2. The lowest BCUT2D eigenvalue weighted by Crippen LogP contribution is -2.30. The van der Waals surface area contributed by atoms with Crippen molar-refractivity contribution < 1.29 is 9.59 Å². The first kappa shape index (κ1) is 20.0. The second kappa shape index (κ2) is 7.21. The molecule has 0 aliphatic rings. The van der Waals surface area contributed by atoms with Crippen molar-refractivity contribution in [3.05, 3.63) is 80.1 Å². The van der Waals surface area contributed by atoms with Gasteiger partial charge in [0, 0.05) is 44.0 Å². The van der Waals surface area contributed by atoms with Gasteiger partial charge in [0.05, 0.1) is 11.0 Å². The monoisotopic (exact) mass is 466 g/mol. The van der Waals surface area contributed by atoms with Crippen molar-refractivity contribution in [2.24, 2.45) is 7.05 Å². The molecule has 0 unspecified atom stereocenters. The average molecular weight is 467 g/mol. The summed E-state index contributed by atoms with van der Waals surface area (Å²) < 4.78 is 4.06. The van der Waals surface area contributed by atoms with Crippen molar-refractivity contribution in [1.29, 1.82) is 0 Å². The molecule has 4 aromatic rings. The maximum Gasteiger partial charge on any atom is 0.259 e. The summed E-state index contributed by atoms with van der Waals surface area (Å²) in [5.41, 5.74) is 2.05. The molecule has 8 heteroatoms. The molecule has 0 atom stereocenters. The smallest absolute Gasteiger partial charge is 0.259 e. The first-order chi connectivity index (χ1) is 14.2. The molecule has 0 saturated heterocycles. The van der Waals surface area contributed by atoms with Crippen LogP contribution in [0.5, 0.6) is 0 Å². The van der Waals surface area contributed by atoms with Gasteiger partial charge < -0.3 is 9.47 Å². The lowest BCUT2D eigenvalue weighted by atomic mass is 10.0. The van der Waals surface area contributed by atoms with E-state index < -0.39 is 0 Å². The molecule has 0 N–H and O–H groups in total. The molecule has 0 aliphatic carbocycles. The molecular weight excluding hydrogens is 448 g/mol. The number of rotatable bonds is 3. The number of halogens is 1. The summed E-state index contributed by atoms with van der Waals surface area (Å²) in [4.78, 5) is 44.7. The summed E-state index contributed by atoms with van der Waals surface area (Å²) in [6.45, 7) is 1.74. The van der Waals surface area contributed by atoms with Gasteiger partial charge in [-0.05, 0) is 53.2 Å². The first-order valence-corrected chi connectivity index (χ1v) is 10.0. The zero-order chi connectivity index (χ0) is 21.7. The van der Waals surface area contributed by atoms with Crippen LogP contribution in [0.1, 0.15) is 32.2 Å². The quantitative estimate of drug-likeness (QED) is 0.434. The summed E-state index contributed by atoms with van der Waals surface area (Å²) in [5.74, 6) is -0.438. The molecule has 0 radical (unpaired) electrons. The molecule has 0 fully saturated rings. The van der Waals surface area contributed by atoms with Crippen molar-refractivity contribution in [2.75, 3.05) is 14.1 Å². The van der Waals surface area contributed by atoms with Crippen LogP contribution in [0.3, 0.4) is 0 Å².